The fraction of sp³-hybridized carbons (Fsp3) is 0.630. The second kappa shape index (κ2) is 18.0. The Morgan fingerprint density at radius 1 is 0.702 bits per heavy atom. The van der Waals surface area contributed by atoms with E-state index in [0.717, 1.165) is 39.5 Å². The first kappa shape index (κ1) is 45.9. The lowest BCUT2D eigenvalue weighted by molar-refractivity contribution is -0.337. The van der Waals surface area contributed by atoms with E-state index < -0.39 is 34.8 Å². The summed E-state index contributed by atoms with van der Waals surface area (Å²) in [5.41, 5.74) is 3.04. The highest BCUT2D eigenvalue weighted by molar-refractivity contribution is 5.84. The van der Waals surface area contributed by atoms with Gasteiger partial charge in [0.15, 0.2) is 12.6 Å². The Bertz CT molecular complexity index is 1760. The van der Waals surface area contributed by atoms with Gasteiger partial charge in [-0.3, -0.25) is 9.59 Å². The van der Waals surface area contributed by atoms with Gasteiger partial charge in [-0.1, -0.05) is 100 Å². The van der Waals surface area contributed by atoms with Crippen LogP contribution in [0.2, 0.25) is 0 Å². The van der Waals surface area contributed by atoms with E-state index in [1.807, 2.05) is 86.6 Å². The average molecular weight is 795 g/mol. The Hall–Kier alpha value is -3.77. The average Bonchev–Trinajstić information content (AvgIpc) is 3.13. The van der Waals surface area contributed by atoms with Crippen LogP contribution in [-0.2, 0) is 66.5 Å². The summed E-state index contributed by atoms with van der Waals surface area (Å²) in [6.45, 7) is 28.9. The number of carbonyl (C=O) groups excluding carboxylic acids is 3. The van der Waals surface area contributed by atoms with Gasteiger partial charge >= 0.3 is 17.9 Å². The van der Waals surface area contributed by atoms with E-state index >= 15 is 0 Å². The fourth-order valence-corrected chi connectivity index (χ4v) is 6.96. The molecule has 2 aliphatic heterocycles. The zero-order chi connectivity index (χ0) is 42.6. The van der Waals surface area contributed by atoms with Crippen molar-refractivity contribution in [3.63, 3.8) is 0 Å². The third-order valence-electron chi connectivity index (χ3n) is 10.6. The standard InChI is InChI=1S/C46H66O11/c1-14-35(47)57-39-30(3)20-32(22-34(39)43(7,8)9)16-18-37(49)52-24-45(12,13)41-55-27-46(28-56-41)25-53-40(54-26-46)44(10,11)23-51-36(48)17-15-31-19-29(2)38(50)33(21-31)42(4,5)6/h14,19-22,40-41,50H,1,15-18,23-28H2,2-13H3. The van der Waals surface area contributed by atoms with Crippen molar-refractivity contribution in [2.75, 3.05) is 39.6 Å². The van der Waals surface area contributed by atoms with Crippen LogP contribution in [-0.4, -0.2) is 75.2 Å². The smallest absolute Gasteiger partial charge is 0.335 e. The van der Waals surface area contributed by atoms with Crippen molar-refractivity contribution in [2.24, 2.45) is 16.2 Å². The van der Waals surface area contributed by atoms with Gasteiger partial charge in [-0.2, -0.15) is 0 Å². The van der Waals surface area contributed by atoms with Crippen molar-refractivity contribution in [1.29, 1.82) is 0 Å². The lowest BCUT2D eigenvalue weighted by atomic mass is 9.83. The zero-order valence-corrected chi connectivity index (χ0v) is 36.3. The van der Waals surface area contributed by atoms with Crippen molar-refractivity contribution in [3.05, 3.63) is 70.3 Å². The fourth-order valence-electron chi connectivity index (χ4n) is 6.96. The highest BCUT2D eigenvalue weighted by Gasteiger charge is 2.48. The number of phenolic OH excluding ortho intramolecular Hbond substituents is 1. The van der Waals surface area contributed by atoms with Crippen molar-refractivity contribution in [1.82, 2.24) is 0 Å². The monoisotopic (exact) mass is 794 g/mol. The SMILES string of the molecule is C=CC(=O)Oc1c(C)cc(CCC(=O)OCC(C)(C)C2OCC3(COC(C(C)(C)COC(=O)CCc4cc(C)c(O)c(C(C)(C)C)c4)OC3)CO2)cc1C(C)(C)C. The maximum absolute atomic E-state index is 12.9. The Balaban J connectivity index is 1.20. The Labute approximate surface area is 339 Å². The van der Waals surface area contributed by atoms with Crippen LogP contribution >= 0.6 is 0 Å². The summed E-state index contributed by atoms with van der Waals surface area (Å²) in [5, 5.41) is 10.5. The molecule has 2 heterocycles. The van der Waals surface area contributed by atoms with Gasteiger partial charge in [0.1, 0.15) is 24.7 Å². The summed E-state index contributed by atoms with van der Waals surface area (Å²) in [7, 11) is 0. The molecule has 0 saturated carbocycles. The first-order valence-electron chi connectivity index (χ1n) is 19.9. The number of phenols is 1. The van der Waals surface area contributed by atoms with Gasteiger partial charge in [0.05, 0.1) is 31.8 Å². The molecule has 11 heteroatoms. The van der Waals surface area contributed by atoms with Gasteiger partial charge in [-0.15, -0.1) is 0 Å². The molecule has 2 aliphatic rings. The predicted molar refractivity (Wildman–Crippen MR) is 217 cm³/mol. The van der Waals surface area contributed by atoms with Crippen molar-refractivity contribution < 1.29 is 52.6 Å². The maximum atomic E-state index is 12.9. The van der Waals surface area contributed by atoms with Crippen LogP contribution in [0.15, 0.2) is 36.9 Å². The molecular weight excluding hydrogens is 728 g/mol. The Morgan fingerprint density at radius 3 is 1.51 bits per heavy atom. The van der Waals surface area contributed by atoms with Gasteiger partial charge < -0.3 is 38.3 Å². The molecule has 2 saturated heterocycles. The summed E-state index contributed by atoms with van der Waals surface area (Å²) >= 11 is 0. The van der Waals surface area contributed by atoms with E-state index in [-0.39, 0.29) is 48.8 Å². The van der Waals surface area contributed by atoms with Crippen LogP contribution in [0.4, 0.5) is 0 Å². The molecule has 1 spiro atoms. The number of esters is 3. The minimum Gasteiger partial charge on any atom is -0.507 e. The van der Waals surface area contributed by atoms with E-state index in [9.17, 15) is 19.5 Å². The molecule has 11 nitrogen and oxygen atoms in total. The molecule has 0 radical (unpaired) electrons. The minimum absolute atomic E-state index is 0.112. The number of rotatable bonds is 14. The summed E-state index contributed by atoms with van der Waals surface area (Å²) in [6.07, 6.45) is 1.34. The second-order valence-electron chi connectivity index (χ2n) is 19.4. The summed E-state index contributed by atoms with van der Waals surface area (Å²) in [5.74, 6) is -0.335. The molecule has 0 unspecified atom stereocenters. The van der Waals surface area contributed by atoms with Gasteiger partial charge in [0.25, 0.3) is 0 Å². The molecule has 0 atom stereocenters. The molecule has 0 amide bonds. The molecule has 316 valence electrons. The maximum Gasteiger partial charge on any atom is 0.335 e. The molecule has 0 aliphatic carbocycles. The first-order chi connectivity index (χ1) is 26.4. The van der Waals surface area contributed by atoms with Gasteiger partial charge in [-0.25, -0.2) is 4.79 Å². The van der Waals surface area contributed by atoms with E-state index in [0.29, 0.717) is 50.8 Å². The molecule has 0 aromatic heterocycles. The summed E-state index contributed by atoms with van der Waals surface area (Å²) in [6, 6.07) is 7.80. The molecule has 57 heavy (non-hydrogen) atoms. The van der Waals surface area contributed by atoms with E-state index in [1.54, 1.807) is 0 Å². The third kappa shape index (κ3) is 12.1. The Morgan fingerprint density at radius 2 is 1.11 bits per heavy atom. The van der Waals surface area contributed by atoms with Crippen molar-refractivity contribution in [3.8, 4) is 11.5 Å². The molecule has 2 aromatic rings. The summed E-state index contributed by atoms with van der Waals surface area (Å²) < 4.78 is 41.8. The molecule has 4 rings (SSSR count). The van der Waals surface area contributed by atoms with E-state index in [1.165, 1.54) is 0 Å². The van der Waals surface area contributed by atoms with Crippen LogP contribution in [0.3, 0.4) is 0 Å². The van der Waals surface area contributed by atoms with E-state index in [2.05, 4.69) is 27.4 Å². The molecule has 2 aromatic carbocycles. The number of ether oxygens (including phenoxy) is 7. The minimum atomic E-state index is -0.620. The number of carbonyl (C=O) groups is 3. The number of aryl methyl sites for hydroxylation is 4. The van der Waals surface area contributed by atoms with Crippen LogP contribution in [0.25, 0.3) is 0 Å². The first-order valence-corrected chi connectivity index (χ1v) is 19.9. The molecule has 1 N–H and O–H groups in total. The zero-order valence-electron chi connectivity index (χ0n) is 36.3. The number of benzene rings is 2. The third-order valence-corrected chi connectivity index (χ3v) is 10.6. The van der Waals surface area contributed by atoms with Crippen LogP contribution in [0, 0.1) is 30.1 Å². The number of aromatic hydroxyl groups is 1. The second-order valence-corrected chi connectivity index (χ2v) is 19.4. The summed E-state index contributed by atoms with van der Waals surface area (Å²) in [4.78, 5) is 37.7. The molecule has 2 fully saturated rings. The van der Waals surface area contributed by atoms with Gasteiger partial charge in [0.2, 0.25) is 0 Å². The Kier molecular flexibility index (Phi) is 14.5. The number of hydrogen-bond donors (Lipinski definition) is 1. The molecular formula is C46H66O11. The van der Waals surface area contributed by atoms with Crippen LogP contribution < -0.4 is 4.74 Å². The van der Waals surface area contributed by atoms with Gasteiger partial charge in [-0.05, 0) is 65.3 Å². The normalized spacial score (nSPS) is 20.6. The van der Waals surface area contributed by atoms with Crippen molar-refractivity contribution >= 4 is 17.9 Å². The number of hydrogen-bond acceptors (Lipinski definition) is 11. The lowest BCUT2D eigenvalue weighted by Crippen LogP contribution is -2.57. The topological polar surface area (TPSA) is 136 Å². The van der Waals surface area contributed by atoms with Crippen LogP contribution in [0.1, 0.15) is 115 Å². The quantitative estimate of drug-likeness (QED) is 0.113. The molecule has 0 bridgehead atoms. The van der Waals surface area contributed by atoms with Crippen molar-refractivity contribution in [2.45, 2.75) is 132 Å². The highest BCUT2D eigenvalue weighted by atomic mass is 16.7. The highest BCUT2D eigenvalue weighted by Crippen LogP contribution is 2.40. The van der Waals surface area contributed by atoms with Gasteiger partial charge in [0, 0.05) is 35.3 Å². The predicted octanol–water partition coefficient (Wildman–Crippen LogP) is 8.13. The lowest BCUT2D eigenvalue weighted by Gasteiger charge is -2.48. The van der Waals surface area contributed by atoms with E-state index in [4.69, 9.17) is 33.2 Å². The van der Waals surface area contributed by atoms with Crippen LogP contribution in [0.5, 0.6) is 11.5 Å². The largest absolute Gasteiger partial charge is 0.507 e.